The third-order valence-corrected chi connectivity index (χ3v) is 4.67. The van der Waals surface area contributed by atoms with E-state index in [1.165, 1.54) is 32.4 Å². The van der Waals surface area contributed by atoms with Crippen LogP contribution in [-0.2, 0) is 14.9 Å². The maximum Gasteiger partial charge on any atom is 0.264 e. The minimum absolute atomic E-state index is 0.0170. The van der Waals surface area contributed by atoms with Crippen LogP contribution < -0.4 is 5.32 Å². The molecule has 0 aliphatic heterocycles. The Balaban J connectivity index is 2.88. The van der Waals surface area contributed by atoms with E-state index in [2.05, 4.69) is 19.2 Å². The van der Waals surface area contributed by atoms with Crippen molar-refractivity contribution >= 4 is 15.9 Å². The van der Waals surface area contributed by atoms with Gasteiger partial charge in [-0.05, 0) is 30.5 Å². The topological polar surface area (TPSA) is 75.7 Å². The monoisotopic (exact) mass is 314 g/mol. The summed E-state index contributed by atoms with van der Waals surface area (Å²) in [6, 6.07) is 5.88. The maximum absolute atomic E-state index is 12.1. The summed E-state index contributed by atoms with van der Waals surface area (Å²) in [5, 5.41) is 2.77. The van der Waals surface area contributed by atoms with E-state index in [9.17, 15) is 13.2 Å². The fourth-order valence-electron chi connectivity index (χ4n) is 1.62. The van der Waals surface area contributed by atoms with E-state index >= 15 is 0 Å². The van der Waals surface area contributed by atoms with Crippen molar-refractivity contribution in [3.8, 4) is 0 Å². The molecule has 0 aliphatic carbocycles. The quantitative estimate of drug-likeness (QED) is 0.776. The van der Waals surface area contributed by atoms with E-state index < -0.39 is 10.0 Å². The lowest BCUT2D eigenvalue weighted by atomic mass is 10.1. The summed E-state index contributed by atoms with van der Waals surface area (Å²) in [7, 11) is -1.19. The van der Waals surface area contributed by atoms with Gasteiger partial charge in [0.1, 0.15) is 0 Å². The highest BCUT2D eigenvalue weighted by molar-refractivity contribution is 7.89. The summed E-state index contributed by atoms with van der Waals surface area (Å²) in [6.45, 7) is 4.70. The Morgan fingerprint density at radius 1 is 1.38 bits per heavy atom. The van der Waals surface area contributed by atoms with Crippen molar-refractivity contribution in [3.63, 3.8) is 0 Å². The molecule has 1 aromatic rings. The molecule has 118 valence electrons. The lowest BCUT2D eigenvalue weighted by Crippen LogP contribution is -2.27. The zero-order chi connectivity index (χ0) is 16.0. The molecule has 0 saturated carbocycles. The molecule has 1 rings (SSSR count). The Kier molecular flexibility index (Phi) is 6.32. The summed E-state index contributed by atoms with van der Waals surface area (Å²) in [5.74, 6) is 0.208. The molecular formula is C14H22N2O4S. The van der Waals surface area contributed by atoms with Gasteiger partial charge in [-0.2, -0.15) is 0 Å². The fraction of sp³-hybridized carbons (Fsp3) is 0.500. The molecule has 0 aromatic heterocycles. The molecule has 0 atom stereocenters. The van der Waals surface area contributed by atoms with Gasteiger partial charge < -0.3 is 5.32 Å². The van der Waals surface area contributed by atoms with Crippen LogP contribution in [0.25, 0.3) is 0 Å². The molecule has 7 heteroatoms. The van der Waals surface area contributed by atoms with Crippen molar-refractivity contribution in [1.29, 1.82) is 0 Å². The maximum atomic E-state index is 12.1. The second-order valence-corrected chi connectivity index (χ2v) is 7.00. The summed E-state index contributed by atoms with van der Waals surface area (Å²) in [4.78, 5) is 16.7. The van der Waals surface area contributed by atoms with Gasteiger partial charge in [0.15, 0.2) is 0 Å². The second kappa shape index (κ2) is 7.53. The van der Waals surface area contributed by atoms with Crippen LogP contribution in [-0.4, -0.2) is 39.5 Å². The van der Waals surface area contributed by atoms with E-state index in [4.69, 9.17) is 4.84 Å². The summed E-state index contributed by atoms with van der Waals surface area (Å²) in [5.41, 5.74) is 0.310. The van der Waals surface area contributed by atoms with E-state index in [-0.39, 0.29) is 10.8 Å². The smallest absolute Gasteiger partial charge is 0.264 e. The van der Waals surface area contributed by atoms with Gasteiger partial charge in [-0.3, -0.25) is 9.63 Å². The molecular weight excluding hydrogens is 292 g/mol. The molecule has 1 aromatic carbocycles. The normalized spacial score (nSPS) is 11.9. The van der Waals surface area contributed by atoms with Crippen LogP contribution in [0.2, 0.25) is 0 Å². The van der Waals surface area contributed by atoms with Crippen molar-refractivity contribution in [2.24, 2.45) is 5.92 Å². The Hall–Kier alpha value is -1.44. The molecule has 1 N–H and O–H groups in total. The third kappa shape index (κ3) is 4.80. The van der Waals surface area contributed by atoms with Crippen LogP contribution in [0.1, 0.15) is 30.6 Å². The molecule has 0 radical (unpaired) electrons. The first-order valence-electron chi connectivity index (χ1n) is 6.70. The van der Waals surface area contributed by atoms with Gasteiger partial charge >= 0.3 is 0 Å². The largest absolute Gasteiger partial charge is 0.352 e. The first kappa shape index (κ1) is 17.6. The standard InChI is InChI=1S/C14H22N2O4S/c1-11(2)8-9-15-14(17)12-6-5-7-13(10-12)21(18,19)16(3)20-4/h5-7,10-11H,8-9H2,1-4H3,(H,15,17). The highest BCUT2D eigenvalue weighted by Crippen LogP contribution is 2.16. The average Bonchev–Trinajstić information content (AvgIpc) is 2.45. The number of sulfonamides is 1. The number of amides is 1. The summed E-state index contributed by atoms with van der Waals surface area (Å²) < 4.78 is 25.0. The van der Waals surface area contributed by atoms with Crippen LogP contribution >= 0.6 is 0 Å². The van der Waals surface area contributed by atoms with Crippen LogP contribution in [0.15, 0.2) is 29.2 Å². The molecule has 0 unspecified atom stereocenters. The predicted octanol–water partition coefficient (Wildman–Crippen LogP) is 1.64. The number of benzene rings is 1. The van der Waals surface area contributed by atoms with Crippen LogP contribution in [0.5, 0.6) is 0 Å². The summed E-state index contributed by atoms with van der Waals surface area (Å²) >= 11 is 0. The number of hydroxylamine groups is 1. The molecule has 0 fully saturated rings. The molecule has 0 saturated heterocycles. The van der Waals surface area contributed by atoms with Gasteiger partial charge in [0.25, 0.3) is 15.9 Å². The average molecular weight is 314 g/mol. The Morgan fingerprint density at radius 3 is 2.62 bits per heavy atom. The van der Waals surface area contributed by atoms with Crippen molar-refractivity contribution in [2.75, 3.05) is 20.7 Å². The van der Waals surface area contributed by atoms with Gasteiger partial charge in [0.2, 0.25) is 0 Å². The van der Waals surface area contributed by atoms with Crippen LogP contribution in [0.4, 0.5) is 0 Å². The van der Waals surface area contributed by atoms with Crippen LogP contribution in [0, 0.1) is 5.92 Å². The van der Waals surface area contributed by atoms with E-state index in [0.29, 0.717) is 18.0 Å². The number of hydrogen-bond acceptors (Lipinski definition) is 4. The van der Waals surface area contributed by atoms with E-state index in [0.717, 1.165) is 10.9 Å². The lowest BCUT2D eigenvalue weighted by molar-refractivity contribution is -0.0258. The number of carbonyl (C=O) groups excluding carboxylic acids is 1. The lowest BCUT2D eigenvalue weighted by Gasteiger charge is -2.14. The highest BCUT2D eigenvalue weighted by atomic mass is 32.2. The molecule has 21 heavy (non-hydrogen) atoms. The van der Waals surface area contributed by atoms with Gasteiger partial charge in [0.05, 0.1) is 12.0 Å². The van der Waals surface area contributed by atoms with Crippen molar-refractivity contribution in [1.82, 2.24) is 9.79 Å². The van der Waals surface area contributed by atoms with Gasteiger partial charge in [-0.1, -0.05) is 24.4 Å². The highest BCUT2D eigenvalue weighted by Gasteiger charge is 2.21. The van der Waals surface area contributed by atoms with Gasteiger partial charge in [-0.15, -0.1) is 0 Å². The van der Waals surface area contributed by atoms with Crippen molar-refractivity contribution < 1.29 is 18.0 Å². The molecule has 0 heterocycles. The van der Waals surface area contributed by atoms with E-state index in [1.54, 1.807) is 6.07 Å². The van der Waals surface area contributed by atoms with Gasteiger partial charge in [-0.25, -0.2) is 8.42 Å². The number of nitrogens with one attached hydrogen (secondary N) is 1. The SMILES string of the molecule is CON(C)S(=O)(=O)c1cccc(C(=O)NCCC(C)C)c1. The van der Waals surface area contributed by atoms with Crippen molar-refractivity contribution in [2.45, 2.75) is 25.2 Å². The minimum atomic E-state index is -3.75. The number of hydrogen-bond donors (Lipinski definition) is 1. The fourth-order valence-corrected chi connectivity index (χ4v) is 2.64. The zero-order valence-electron chi connectivity index (χ0n) is 12.8. The Morgan fingerprint density at radius 2 is 2.05 bits per heavy atom. The Bertz CT molecular complexity index is 584. The number of rotatable bonds is 7. The first-order chi connectivity index (χ1) is 9.78. The zero-order valence-corrected chi connectivity index (χ0v) is 13.6. The number of nitrogens with zero attached hydrogens (tertiary/aromatic N) is 1. The molecule has 0 bridgehead atoms. The molecule has 0 spiro atoms. The second-order valence-electron chi connectivity index (χ2n) is 5.06. The first-order valence-corrected chi connectivity index (χ1v) is 8.14. The minimum Gasteiger partial charge on any atom is -0.352 e. The summed E-state index contributed by atoms with van der Waals surface area (Å²) in [6.07, 6.45) is 0.871. The van der Waals surface area contributed by atoms with E-state index in [1.807, 2.05) is 0 Å². The Labute approximate surface area is 126 Å². The van der Waals surface area contributed by atoms with Crippen molar-refractivity contribution in [3.05, 3.63) is 29.8 Å². The molecule has 0 aliphatic rings. The van der Waals surface area contributed by atoms with Crippen LogP contribution in [0.3, 0.4) is 0 Å². The molecule has 1 amide bonds. The predicted molar refractivity (Wildman–Crippen MR) is 80.2 cm³/mol. The number of carbonyl (C=O) groups is 1. The third-order valence-electron chi connectivity index (χ3n) is 3.00. The van der Waals surface area contributed by atoms with Gasteiger partial charge in [0, 0.05) is 19.2 Å². The molecule has 6 nitrogen and oxygen atoms in total.